The molecule has 3 fully saturated rings. The number of hydrogen-bond acceptors (Lipinski definition) is 2. The van der Waals surface area contributed by atoms with E-state index in [4.69, 9.17) is 4.74 Å². The monoisotopic (exact) mass is 252 g/mol. The summed E-state index contributed by atoms with van der Waals surface area (Å²) in [5.74, 6) is 0.282. The first kappa shape index (κ1) is 12.5. The summed E-state index contributed by atoms with van der Waals surface area (Å²) in [6.45, 7) is 3.74. The fourth-order valence-electron chi connectivity index (χ4n) is 4.92. The first-order chi connectivity index (χ1) is 8.77. The molecule has 3 atom stereocenters. The molecule has 2 aliphatic heterocycles. The molecule has 3 rings (SSSR count). The molecular weight excluding hydrogens is 226 g/mol. The van der Waals surface area contributed by atoms with Gasteiger partial charge in [-0.15, -0.1) is 0 Å². The Hall–Kier alpha value is -0.570. The van der Waals surface area contributed by atoms with Crippen molar-refractivity contribution >= 4 is 5.97 Å². The third-order valence-corrected chi connectivity index (χ3v) is 5.59. The van der Waals surface area contributed by atoms with Gasteiger partial charge >= 0.3 is 5.97 Å². The van der Waals surface area contributed by atoms with Crippen molar-refractivity contribution in [2.24, 2.45) is 5.92 Å². The van der Waals surface area contributed by atoms with Gasteiger partial charge in [-0.3, -0.25) is 4.79 Å². The molecule has 2 saturated heterocycles. The van der Waals surface area contributed by atoms with E-state index in [1.165, 1.54) is 51.5 Å². The lowest BCUT2D eigenvalue weighted by molar-refractivity contribution is -0.952. The Balaban J connectivity index is 1.80. The van der Waals surface area contributed by atoms with Gasteiger partial charge in [-0.05, 0) is 19.8 Å². The van der Waals surface area contributed by atoms with Crippen LogP contribution in [0.4, 0.5) is 0 Å². The molecule has 0 aromatic rings. The summed E-state index contributed by atoms with van der Waals surface area (Å²) in [6, 6.07) is 0.571. The lowest BCUT2D eigenvalue weighted by atomic mass is 9.78. The van der Waals surface area contributed by atoms with E-state index >= 15 is 0 Å². The van der Waals surface area contributed by atoms with Crippen molar-refractivity contribution < 1.29 is 14.4 Å². The van der Waals surface area contributed by atoms with Gasteiger partial charge in [0.2, 0.25) is 0 Å². The summed E-state index contributed by atoms with van der Waals surface area (Å²) in [5.41, 5.74) is 0.441. The molecule has 0 amide bonds. The first-order valence-electron chi connectivity index (χ1n) is 7.80. The molecule has 1 aliphatic carbocycles. The minimum absolute atomic E-state index is 0.0874. The number of nitrogens with one attached hydrogen (secondary N) is 1. The summed E-state index contributed by atoms with van der Waals surface area (Å²) < 4.78 is 5.32. The Morgan fingerprint density at radius 2 is 2.06 bits per heavy atom. The highest BCUT2D eigenvalue weighted by Crippen LogP contribution is 2.39. The number of carbonyl (C=O) groups is 1. The normalized spacial score (nSPS) is 37.7. The maximum absolute atomic E-state index is 12.2. The molecule has 2 heterocycles. The van der Waals surface area contributed by atoms with Crippen LogP contribution in [0, 0.1) is 5.92 Å². The number of carbonyl (C=O) groups excluding carboxylic acids is 1. The molecule has 0 aromatic carbocycles. The maximum atomic E-state index is 12.2. The molecule has 3 aliphatic rings. The van der Waals surface area contributed by atoms with E-state index in [9.17, 15) is 4.79 Å². The van der Waals surface area contributed by atoms with Gasteiger partial charge in [0.05, 0.1) is 18.7 Å². The van der Waals surface area contributed by atoms with Crippen LogP contribution < -0.4 is 4.90 Å². The first-order valence-corrected chi connectivity index (χ1v) is 7.80. The van der Waals surface area contributed by atoms with E-state index in [1.807, 2.05) is 6.92 Å². The number of rotatable bonds is 2. The predicted octanol–water partition coefficient (Wildman–Crippen LogP) is 1.32. The lowest BCUT2D eigenvalue weighted by Gasteiger charge is -2.38. The van der Waals surface area contributed by atoms with E-state index < -0.39 is 0 Å². The highest BCUT2D eigenvalue weighted by Gasteiger charge is 2.59. The van der Waals surface area contributed by atoms with E-state index in [0.717, 1.165) is 6.42 Å². The summed E-state index contributed by atoms with van der Waals surface area (Å²) in [7, 11) is 0. The quantitative estimate of drug-likeness (QED) is 0.751. The topological polar surface area (TPSA) is 30.7 Å². The molecule has 0 aromatic heterocycles. The van der Waals surface area contributed by atoms with Gasteiger partial charge in [-0.1, -0.05) is 6.42 Å². The largest absolute Gasteiger partial charge is 0.466 e. The molecule has 3 nitrogen and oxygen atoms in total. The minimum Gasteiger partial charge on any atom is -0.466 e. The van der Waals surface area contributed by atoms with Crippen LogP contribution >= 0.6 is 0 Å². The van der Waals surface area contributed by atoms with E-state index in [0.29, 0.717) is 18.2 Å². The lowest BCUT2D eigenvalue weighted by Crippen LogP contribution is -3.19. The molecule has 1 unspecified atom stereocenters. The standard InChI is InChI=1S/C15H25NO2/c1-2-18-14(17)12-11-15(8-4-3-5-9-15)16-10-6-7-13(12)16/h12-13H,2-11H2,1H3/p+1/t12-,13+/m0/s1. The zero-order valence-corrected chi connectivity index (χ0v) is 11.5. The maximum Gasteiger partial charge on any atom is 0.315 e. The van der Waals surface area contributed by atoms with Crippen LogP contribution in [0.15, 0.2) is 0 Å². The van der Waals surface area contributed by atoms with Gasteiger partial charge in [-0.2, -0.15) is 0 Å². The van der Waals surface area contributed by atoms with Crippen molar-refractivity contribution in [1.82, 2.24) is 0 Å². The SMILES string of the molecule is CCOC(=O)[C@H]1CC2(CCCCC2)[NH+]2CCC[C@H]12. The Morgan fingerprint density at radius 1 is 1.28 bits per heavy atom. The average molecular weight is 252 g/mol. The zero-order valence-electron chi connectivity index (χ0n) is 11.5. The van der Waals surface area contributed by atoms with Gasteiger partial charge < -0.3 is 9.64 Å². The molecule has 18 heavy (non-hydrogen) atoms. The Bertz CT molecular complexity index is 322. The molecule has 102 valence electrons. The predicted molar refractivity (Wildman–Crippen MR) is 69.4 cm³/mol. The van der Waals surface area contributed by atoms with Crippen molar-refractivity contribution in [3.63, 3.8) is 0 Å². The molecule has 1 N–H and O–H groups in total. The minimum atomic E-state index is 0.0874. The van der Waals surface area contributed by atoms with Crippen LogP contribution in [0.25, 0.3) is 0 Å². The van der Waals surface area contributed by atoms with Crippen LogP contribution in [0.1, 0.15) is 58.3 Å². The summed E-state index contributed by atoms with van der Waals surface area (Å²) in [6.07, 6.45) is 10.5. The fourth-order valence-corrected chi connectivity index (χ4v) is 4.92. The Morgan fingerprint density at radius 3 is 2.78 bits per heavy atom. The van der Waals surface area contributed by atoms with Gasteiger partial charge in [0.1, 0.15) is 12.0 Å². The van der Waals surface area contributed by atoms with Gasteiger partial charge in [-0.25, -0.2) is 0 Å². The van der Waals surface area contributed by atoms with Crippen molar-refractivity contribution in [2.45, 2.75) is 69.9 Å². The zero-order chi connectivity index (χ0) is 12.6. The second kappa shape index (κ2) is 4.84. The van der Waals surface area contributed by atoms with Crippen LogP contribution in [-0.2, 0) is 9.53 Å². The third kappa shape index (κ3) is 1.87. The molecule has 0 bridgehead atoms. The van der Waals surface area contributed by atoms with Crippen molar-refractivity contribution in [2.75, 3.05) is 13.2 Å². The van der Waals surface area contributed by atoms with Crippen molar-refractivity contribution in [3.05, 3.63) is 0 Å². The van der Waals surface area contributed by atoms with Gasteiger partial charge in [0, 0.05) is 32.1 Å². The third-order valence-electron chi connectivity index (χ3n) is 5.59. The number of fused-ring (bicyclic) bond motifs is 2. The van der Waals surface area contributed by atoms with Crippen molar-refractivity contribution in [1.29, 1.82) is 0 Å². The number of esters is 1. The number of quaternary nitrogens is 1. The van der Waals surface area contributed by atoms with Crippen LogP contribution in [-0.4, -0.2) is 30.7 Å². The van der Waals surface area contributed by atoms with Crippen molar-refractivity contribution in [3.8, 4) is 0 Å². The molecular formula is C15H26NO2+. The fraction of sp³-hybridized carbons (Fsp3) is 0.933. The summed E-state index contributed by atoms with van der Waals surface area (Å²) in [5, 5.41) is 0. The Kier molecular flexibility index (Phi) is 3.35. The van der Waals surface area contributed by atoms with Crippen LogP contribution in [0.3, 0.4) is 0 Å². The van der Waals surface area contributed by atoms with Crippen LogP contribution in [0.5, 0.6) is 0 Å². The highest BCUT2D eigenvalue weighted by atomic mass is 16.5. The molecule has 1 saturated carbocycles. The summed E-state index contributed by atoms with van der Waals surface area (Å²) in [4.78, 5) is 13.9. The second-order valence-electron chi connectivity index (χ2n) is 6.43. The van der Waals surface area contributed by atoms with E-state index in [2.05, 4.69) is 0 Å². The van der Waals surface area contributed by atoms with Gasteiger partial charge in [0.15, 0.2) is 0 Å². The Labute approximate surface area is 110 Å². The molecule has 0 radical (unpaired) electrons. The number of hydrogen-bond donors (Lipinski definition) is 1. The summed E-state index contributed by atoms with van der Waals surface area (Å²) >= 11 is 0. The van der Waals surface area contributed by atoms with E-state index in [1.54, 1.807) is 4.90 Å². The second-order valence-corrected chi connectivity index (χ2v) is 6.43. The highest BCUT2D eigenvalue weighted by molar-refractivity contribution is 5.73. The number of ether oxygens (including phenoxy) is 1. The molecule has 3 heteroatoms. The van der Waals surface area contributed by atoms with Gasteiger partial charge in [0.25, 0.3) is 0 Å². The molecule has 1 spiro atoms. The van der Waals surface area contributed by atoms with E-state index in [-0.39, 0.29) is 11.9 Å². The smallest absolute Gasteiger partial charge is 0.315 e. The van der Waals surface area contributed by atoms with Crippen LogP contribution in [0.2, 0.25) is 0 Å². The average Bonchev–Trinajstić information content (AvgIpc) is 2.95.